The molecule has 0 aliphatic carbocycles. The molecule has 4 heteroatoms. The van der Waals surface area contributed by atoms with Gasteiger partial charge in [0.15, 0.2) is 0 Å². The molecule has 16 heavy (non-hydrogen) atoms. The fourth-order valence-electron chi connectivity index (χ4n) is 2.10. The summed E-state index contributed by atoms with van der Waals surface area (Å²) in [6.45, 7) is 1.83. The van der Waals surface area contributed by atoms with Gasteiger partial charge in [0.05, 0.1) is 14.2 Å². The topological polar surface area (TPSA) is 47.6 Å². The van der Waals surface area contributed by atoms with E-state index in [1.807, 2.05) is 25.1 Å². The van der Waals surface area contributed by atoms with E-state index in [1.165, 1.54) is 7.11 Å². The van der Waals surface area contributed by atoms with Crippen LogP contribution < -0.4 is 10.1 Å². The molecule has 1 aromatic carbocycles. The molecule has 0 amide bonds. The summed E-state index contributed by atoms with van der Waals surface area (Å²) >= 11 is 0. The van der Waals surface area contributed by atoms with Crippen molar-refractivity contribution in [2.24, 2.45) is 0 Å². The molecule has 1 aliphatic heterocycles. The molecule has 1 atom stereocenters. The van der Waals surface area contributed by atoms with E-state index in [0.717, 1.165) is 17.0 Å². The van der Waals surface area contributed by atoms with Gasteiger partial charge in [-0.15, -0.1) is 0 Å². The van der Waals surface area contributed by atoms with E-state index in [-0.39, 0.29) is 5.97 Å². The minimum Gasteiger partial charge on any atom is -0.496 e. The SMILES string of the molecule is COC(=O)C1(C)Cc2c(cccc2OC)N1. The van der Waals surface area contributed by atoms with Crippen molar-refractivity contribution >= 4 is 11.7 Å². The van der Waals surface area contributed by atoms with Crippen molar-refractivity contribution in [3.8, 4) is 5.75 Å². The summed E-state index contributed by atoms with van der Waals surface area (Å²) in [5.74, 6) is 0.545. The Kier molecular flexibility index (Phi) is 2.50. The van der Waals surface area contributed by atoms with Gasteiger partial charge in [0.25, 0.3) is 0 Å². The Morgan fingerprint density at radius 2 is 2.19 bits per heavy atom. The van der Waals surface area contributed by atoms with Gasteiger partial charge in [0.1, 0.15) is 11.3 Å². The van der Waals surface area contributed by atoms with Crippen LogP contribution in [0.2, 0.25) is 0 Å². The highest BCUT2D eigenvalue weighted by Gasteiger charge is 2.41. The van der Waals surface area contributed by atoms with Gasteiger partial charge in [-0.05, 0) is 19.1 Å². The summed E-state index contributed by atoms with van der Waals surface area (Å²) in [5, 5.41) is 3.18. The quantitative estimate of drug-likeness (QED) is 0.770. The second kappa shape index (κ2) is 3.70. The van der Waals surface area contributed by atoms with Gasteiger partial charge in [-0.3, -0.25) is 0 Å². The molecule has 1 N–H and O–H groups in total. The van der Waals surface area contributed by atoms with Gasteiger partial charge < -0.3 is 14.8 Å². The average molecular weight is 221 g/mol. The van der Waals surface area contributed by atoms with Gasteiger partial charge in [-0.25, -0.2) is 4.79 Å². The zero-order chi connectivity index (χ0) is 11.8. The maximum Gasteiger partial charge on any atom is 0.331 e. The lowest BCUT2D eigenvalue weighted by Crippen LogP contribution is -2.42. The van der Waals surface area contributed by atoms with Crippen LogP contribution in [0.3, 0.4) is 0 Å². The van der Waals surface area contributed by atoms with Crippen molar-refractivity contribution < 1.29 is 14.3 Å². The Bertz CT molecular complexity index is 430. The van der Waals surface area contributed by atoms with Crippen LogP contribution in [0.1, 0.15) is 12.5 Å². The smallest absolute Gasteiger partial charge is 0.331 e. The molecule has 0 fully saturated rings. The monoisotopic (exact) mass is 221 g/mol. The van der Waals surface area contributed by atoms with Crippen LogP contribution in [-0.4, -0.2) is 25.7 Å². The van der Waals surface area contributed by atoms with Crippen LogP contribution in [0.4, 0.5) is 5.69 Å². The van der Waals surface area contributed by atoms with Crippen molar-refractivity contribution in [1.82, 2.24) is 0 Å². The van der Waals surface area contributed by atoms with E-state index in [1.54, 1.807) is 7.11 Å². The number of esters is 1. The number of rotatable bonds is 2. The predicted molar refractivity (Wildman–Crippen MR) is 60.7 cm³/mol. The second-order valence-corrected chi connectivity index (χ2v) is 4.11. The van der Waals surface area contributed by atoms with Crippen molar-refractivity contribution in [1.29, 1.82) is 0 Å². The molecule has 1 aliphatic rings. The first-order valence-electron chi connectivity index (χ1n) is 5.13. The normalized spacial score (nSPS) is 22.2. The standard InChI is InChI=1S/C12H15NO3/c1-12(11(14)16-3)7-8-9(13-12)5-4-6-10(8)15-2/h4-6,13H,7H2,1-3H3. The fourth-order valence-corrected chi connectivity index (χ4v) is 2.10. The Balaban J connectivity index is 2.37. The van der Waals surface area contributed by atoms with Crippen molar-refractivity contribution in [2.75, 3.05) is 19.5 Å². The summed E-state index contributed by atoms with van der Waals surface area (Å²) < 4.78 is 10.1. The predicted octanol–water partition coefficient (Wildman–Crippen LogP) is 1.59. The van der Waals surface area contributed by atoms with E-state index in [9.17, 15) is 4.79 Å². The number of methoxy groups -OCH3 is 2. The zero-order valence-corrected chi connectivity index (χ0v) is 9.66. The van der Waals surface area contributed by atoms with Gasteiger partial charge in [-0.2, -0.15) is 0 Å². The third-order valence-electron chi connectivity index (χ3n) is 2.93. The number of carbonyl (C=O) groups excluding carboxylic acids is 1. The van der Waals surface area contributed by atoms with E-state index >= 15 is 0 Å². The maximum atomic E-state index is 11.7. The summed E-state index contributed by atoms with van der Waals surface area (Å²) in [5.41, 5.74) is 1.27. The number of ether oxygens (including phenoxy) is 2. The summed E-state index contributed by atoms with van der Waals surface area (Å²) in [6, 6.07) is 5.73. The van der Waals surface area contributed by atoms with E-state index in [2.05, 4.69) is 5.32 Å². The van der Waals surface area contributed by atoms with Crippen LogP contribution in [-0.2, 0) is 16.0 Å². The molecule has 1 heterocycles. The number of hydrogen-bond acceptors (Lipinski definition) is 4. The fraction of sp³-hybridized carbons (Fsp3) is 0.417. The Hall–Kier alpha value is -1.71. The number of fused-ring (bicyclic) bond motifs is 1. The number of benzene rings is 1. The number of nitrogens with one attached hydrogen (secondary N) is 1. The molecule has 1 unspecified atom stereocenters. The lowest BCUT2D eigenvalue weighted by atomic mass is 9.97. The van der Waals surface area contributed by atoms with Gasteiger partial charge in [-0.1, -0.05) is 6.07 Å². The molecule has 0 bridgehead atoms. The summed E-state index contributed by atoms with van der Waals surface area (Å²) in [4.78, 5) is 11.7. The molecule has 0 spiro atoms. The first-order valence-corrected chi connectivity index (χ1v) is 5.13. The summed E-state index contributed by atoms with van der Waals surface area (Å²) in [6.07, 6.45) is 0.582. The molecule has 4 nitrogen and oxygen atoms in total. The van der Waals surface area contributed by atoms with E-state index < -0.39 is 5.54 Å². The first-order chi connectivity index (χ1) is 7.60. The molecule has 0 aromatic heterocycles. The van der Waals surface area contributed by atoms with Crippen LogP contribution >= 0.6 is 0 Å². The minimum absolute atomic E-state index is 0.259. The molecule has 1 aromatic rings. The Labute approximate surface area is 94.6 Å². The number of hydrogen-bond donors (Lipinski definition) is 1. The summed E-state index contributed by atoms with van der Waals surface area (Å²) in [7, 11) is 3.03. The first kappa shape index (κ1) is 10.8. The van der Waals surface area contributed by atoms with Crippen molar-refractivity contribution in [3.05, 3.63) is 23.8 Å². The molecule has 0 saturated carbocycles. The highest BCUT2D eigenvalue weighted by Crippen LogP contribution is 2.38. The third kappa shape index (κ3) is 1.50. The minimum atomic E-state index is -0.689. The molecule has 2 rings (SSSR count). The van der Waals surface area contributed by atoms with Crippen LogP contribution in [0.5, 0.6) is 5.75 Å². The van der Waals surface area contributed by atoms with Gasteiger partial charge in [0.2, 0.25) is 0 Å². The molecule has 86 valence electrons. The van der Waals surface area contributed by atoms with Crippen molar-refractivity contribution in [2.45, 2.75) is 18.9 Å². The number of carbonyl (C=O) groups is 1. The molecular formula is C12H15NO3. The van der Waals surface area contributed by atoms with Gasteiger partial charge in [0, 0.05) is 17.7 Å². The zero-order valence-electron chi connectivity index (χ0n) is 9.66. The van der Waals surface area contributed by atoms with E-state index in [0.29, 0.717) is 6.42 Å². The van der Waals surface area contributed by atoms with Crippen LogP contribution in [0.15, 0.2) is 18.2 Å². The molecule has 0 radical (unpaired) electrons. The van der Waals surface area contributed by atoms with Gasteiger partial charge >= 0.3 is 5.97 Å². The Morgan fingerprint density at radius 3 is 2.81 bits per heavy atom. The molecule has 0 saturated heterocycles. The molecular weight excluding hydrogens is 206 g/mol. The number of anilines is 1. The lowest BCUT2D eigenvalue weighted by Gasteiger charge is -2.21. The highest BCUT2D eigenvalue weighted by molar-refractivity contribution is 5.88. The van der Waals surface area contributed by atoms with Crippen LogP contribution in [0.25, 0.3) is 0 Å². The Morgan fingerprint density at radius 1 is 1.44 bits per heavy atom. The highest BCUT2D eigenvalue weighted by atomic mass is 16.5. The van der Waals surface area contributed by atoms with Crippen molar-refractivity contribution in [3.63, 3.8) is 0 Å². The largest absolute Gasteiger partial charge is 0.496 e. The van der Waals surface area contributed by atoms with E-state index in [4.69, 9.17) is 9.47 Å². The van der Waals surface area contributed by atoms with Crippen LogP contribution in [0, 0.1) is 0 Å². The second-order valence-electron chi connectivity index (χ2n) is 4.11. The third-order valence-corrected chi connectivity index (χ3v) is 2.93. The lowest BCUT2D eigenvalue weighted by molar-refractivity contribution is -0.145. The average Bonchev–Trinajstić information content (AvgIpc) is 2.65. The maximum absolute atomic E-state index is 11.7.